The normalized spacial score (nSPS) is 14.7. The molecule has 0 aromatic heterocycles. The van der Waals surface area contributed by atoms with E-state index in [1.54, 1.807) is 60.7 Å². The molecule has 0 aliphatic carbocycles. The number of urea groups is 1. The summed E-state index contributed by atoms with van der Waals surface area (Å²) in [4.78, 5) is 50.5. The third-order valence-corrected chi connectivity index (χ3v) is 5.42. The number of para-hydroxylation sites is 2. The topological polar surface area (TPSA) is 105 Å². The van der Waals surface area contributed by atoms with Crippen LogP contribution in [0.25, 0.3) is 6.08 Å². The highest BCUT2D eigenvalue weighted by molar-refractivity contribution is 9.10. The zero-order valence-electron chi connectivity index (χ0n) is 17.7. The molecule has 9 heteroatoms. The summed E-state index contributed by atoms with van der Waals surface area (Å²) >= 11 is 3.38. The van der Waals surface area contributed by atoms with Crippen LogP contribution in [0.3, 0.4) is 0 Å². The van der Waals surface area contributed by atoms with Crippen LogP contribution in [-0.4, -0.2) is 30.4 Å². The zero-order chi connectivity index (χ0) is 24.1. The number of nitrogens with zero attached hydrogens (tertiary/aromatic N) is 1. The summed E-state index contributed by atoms with van der Waals surface area (Å²) in [6.07, 6.45) is 1.39. The fourth-order valence-corrected chi connectivity index (χ4v) is 3.73. The molecule has 5 amide bonds. The van der Waals surface area contributed by atoms with Crippen molar-refractivity contribution in [2.24, 2.45) is 0 Å². The molecule has 1 saturated heterocycles. The van der Waals surface area contributed by atoms with Gasteiger partial charge in [0.1, 0.15) is 11.3 Å². The van der Waals surface area contributed by atoms with Crippen molar-refractivity contribution in [1.29, 1.82) is 0 Å². The number of ether oxygens (including phenoxy) is 1. The predicted molar refractivity (Wildman–Crippen MR) is 130 cm³/mol. The Hall–Kier alpha value is -4.24. The minimum Gasteiger partial charge on any atom is -0.483 e. The second-order valence-corrected chi connectivity index (χ2v) is 8.04. The molecule has 170 valence electrons. The molecule has 1 heterocycles. The number of nitrogens with one attached hydrogen (secondary N) is 2. The molecule has 0 saturated carbocycles. The van der Waals surface area contributed by atoms with E-state index in [0.29, 0.717) is 27.2 Å². The molecule has 0 radical (unpaired) electrons. The van der Waals surface area contributed by atoms with Gasteiger partial charge >= 0.3 is 6.03 Å². The van der Waals surface area contributed by atoms with Crippen LogP contribution in [0.2, 0.25) is 0 Å². The van der Waals surface area contributed by atoms with E-state index in [9.17, 15) is 19.2 Å². The fraction of sp³-hybridized carbons (Fsp3) is 0.0400. The second-order valence-electron chi connectivity index (χ2n) is 7.19. The number of rotatable bonds is 6. The van der Waals surface area contributed by atoms with Crippen LogP contribution in [0.4, 0.5) is 16.2 Å². The molecule has 1 aliphatic rings. The van der Waals surface area contributed by atoms with Crippen molar-refractivity contribution in [2.75, 3.05) is 16.8 Å². The van der Waals surface area contributed by atoms with Crippen molar-refractivity contribution in [1.82, 2.24) is 5.32 Å². The van der Waals surface area contributed by atoms with Crippen molar-refractivity contribution >= 4 is 57.1 Å². The van der Waals surface area contributed by atoms with Crippen molar-refractivity contribution in [3.8, 4) is 5.75 Å². The van der Waals surface area contributed by atoms with Gasteiger partial charge in [0, 0.05) is 5.69 Å². The van der Waals surface area contributed by atoms with Crippen LogP contribution in [0, 0.1) is 0 Å². The van der Waals surface area contributed by atoms with E-state index in [0.717, 1.165) is 4.90 Å². The first kappa shape index (κ1) is 22.9. The molecule has 8 nitrogen and oxygen atoms in total. The van der Waals surface area contributed by atoms with Gasteiger partial charge in [-0.05, 0) is 64.0 Å². The number of benzene rings is 3. The van der Waals surface area contributed by atoms with Gasteiger partial charge in [-0.25, -0.2) is 9.69 Å². The maximum Gasteiger partial charge on any atom is 0.335 e. The third kappa shape index (κ3) is 5.21. The first-order valence-corrected chi connectivity index (χ1v) is 11.0. The molecule has 3 aromatic rings. The van der Waals surface area contributed by atoms with Crippen LogP contribution in [0.5, 0.6) is 5.75 Å². The Morgan fingerprint density at radius 1 is 0.971 bits per heavy atom. The van der Waals surface area contributed by atoms with Crippen LogP contribution in [0.15, 0.2) is 88.9 Å². The number of carbonyl (C=O) groups is 4. The summed E-state index contributed by atoms with van der Waals surface area (Å²) in [7, 11) is 0. The maximum absolute atomic E-state index is 12.9. The van der Waals surface area contributed by atoms with E-state index in [4.69, 9.17) is 4.74 Å². The molecule has 2 N–H and O–H groups in total. The molecule has 34 heavy (non-hydrogen) atoms. The predicted octanol–water partition coefficient (Wildman–Crippen LogP) is 4.13. The summed E-state index contributed by atoms with van der Waals surface area (Å²) in [5.41, 5.74) is 1.35. The minimum atomic E-state index is -0.808. The van der Waals surface area contributed by atoms with Crippen LogP contribution >= 0.6 is 15.9 Å². The van der Waals surface area contributed by atoms with E-state index in [1.165, 1.54) is 6.08 Å². The molecule has 0 spiro atoms. The number of halogens is 1. The average Bonchev–Trinajstić information content (AvgIpc) is 2.82. The third-order valence-electron chi connectivity index (χ3n) is 4.80. The van der Waals surface area contributed by atoms with Crippen LogP contribution < -0.4 is 20.3 Å². The van der Waals surface area contributed by atoms with Gasteiger partial charge in [0.15, 0.2) is 6.61 Å². The first-order valence-electron chi connectivity index (χ1n) is 10.2. The Morgan fingerprint density at radius 2 is 1.65 bits per heavy atom. The Balaban J connectivity index is 1.48. The molecule has 3 aromatic carbocycles. The van der Waals surface area contributed by atoms with Crippen molar-refractivity contribution in [2.45, 2.75) is 0 Å². The Labute approximate surface area is 203 Å². The monoisotopic (exact) mass is 519 g/mol. The minimum absolute atomic E-state index is 0.189. The fourth-order valence-electron chi connectivity index (χ4n) is 3.22. The van der Waals surface area contributed by atoms with E-state index in [-0.39, 0.29) is 18.1 Å². The number of amides is 5. The van der Waals surface area contributed by atoms with Gasteiger partial charge in [-0.1, -0.05) is 42.5 Å². The summed E-state index contributed by atoms with van der Waals surface area (Å²) in [5, 5.41) is 4.91. The van der Waals surface area contributed by atoms with Crippen molar-refractivity contribution < 1.29 is 23.9 Å². The smallest absolute Gasteiger partial charge is 0.335 e. The Bertz CT molecular complexity index is 1290. The Kier molecular flexibility index (Phi) is 6.84. The van der Waals surface area contributed by atoms with Gasteiger partial charge in [-0.15, -0.1) is 0 Å². The molecule has 0 unspecified atom stereocenters. The first-order chi connectivity index (χ1) is 16.4. The standard InChI is InChI=1S/C25H18BrN3O5/c26-20-14-16(11-12-21(20)34-15-22(30)27-17-7-3-1-4-8-17)13-19-23(31)28-25(33)29(24(19)32)18-9-5-2-6-10-18/h1-14H,15H2,(H,27,30)(H,28,31,33)/b19-13+. The lowest BCUT2D eigenvalue weighted by Crippen LogP contribution is -2.54. The van der Waals surface area contributed by atoms with Crippen molar-refractivity contribution in [3.63, 3.8) is 0 Å². The highest BCUT2D eigenvalue weighted by Gasteiger charge is 2.36. The second kappa shape index (κ2) is 10.1. The number of imide groups is 2. The van der Waals surface area contributed by atoms with Crippen molar-refractivity contribution in [3.05, 3.63) is 94.5 Å². The zero-order valence-corrected chi connectivity index (χ0v) is 19.2. The van der Waals surface area contributed by atoms with E-state index in [2.05, 4.69) is 26.6 Å². The summed E-state index contributed by atoms with van der Waals surface area (Å²) in [6, 6.07) is 21.4. The van der Waals surface area contributed by atoms with Gasteiger partial charge < -0.3 is 10.1 Å². The van der Waals surface area contributed by atoms with E-state index >= 15 is 0 Å². The Morgan fingerprint density at radius 3 is 2.32 bits per heavy atom. The molecule has 0 bridgehead atoms. The molecule has 4 rings (SSSR count). The quantitative estimate of drug-likeness (QED) is 0.376. The maximum atomic E-state index is 12.9. The summed E-state index contributed by atoms with van der Waals surface area (Å²) in [5.74, 6) is -1.42. The van der Waals surface area contributed by atoms with Gasteiger partial charge in [0.05, 0.1) is 10.2 Å². The average molecular weight is 520 g/mol. The number of hydrogen-bond donors (Lipinski definition) is 2. The number of barbiturate groups is 1. The lowest BCUT2D eigenvalue weighted by molar-refractivity contribution is -0.122. The highest BCUT2D eigenvalue weighted by atomic mass is 79.9. The molecule has 0 atom stereocenters. The van der Waals surface area contributed by atoms with Gasteiger partial charge in [0.2, 0.25) is 0 Å². The highest BCUT2D eigenvalue weighted by Crippen LogP contribution is 2.28. The summed E-state index contributed by atoms with van der Waals surface area (Å²) in [6.45, 7) is -0.205. The lowest BCUT2D eigenvalue weighted by Gasteiger charge is -2.26. The molecular weight excluding hydrogens is 502 g/mol. The number of carbonyl (C=O) groups excluding carboxylic acids is 4. The number of anilines is 2. The number of hydrogen-bond acceptors (Lipinski definition) is 5. The van der Waals surface area contributed by atoms with E-state index < -0.39 is 17.8 Å². The lowest BCUT2D eigenvalue weighted by atomic mass is 10.1. The SMILES string of the molecule is O=C(COc1ccc(/C=C2\C(=O)NC(=O)N(c3ccccc3)C2=O)cc1Br)Nc1ccccc1. The summed E-state index contributed by atoms with van der Waals surface area (Å²) < 4.78 is 6.09. The molecule has 1 fully saturated rings. The van der Waals surface area contributed by atoms with E-state index in [1.807, 2.05) is 18.2 Å². The largest absolute Gasteiger partial charge is 0.483 e. The molecule has 1 aliphatic heterocycles. The van der Waals surface area contributed by atoms with Crippen LogP contribution in [-0.2, 0) is 14.4 Å². The van der Waals surface area contributed by atoms with Gasteiger partial charge in [-0.2, -0.15) is 0 Å². The van der Waals surface area contributed by atoms with Gasteiger partial charge in [0.25, 0.3) is 17.7 Å². The molecular formula is C25H18BrN3O5. The van der Waals surface area contributed by atoms with Crippen LogP contribution in [0.1, 0.15) is 5.56 Å². The van der Waals surface area contributed by atoms with Gasteiger partial charge in [-0.3, -0.25) is 19.7 Å².